The third kappa shape index (κ3) is 10.1. The maximum absolute atomic E-state index is 11.8. The minimum absolute atomic E-state index is 0.0244. The first-order valence-corrected chi connectivity index (χ1v) is 23.1. The van der Waals surface area contributed by atoms with Crippen LogP contribution in [-0.2, 0) is 34.4 Å². The Morgan fingerprint density at radius 1 is 0.736 bits per heavy atom. The van der Waals surface area contributed by atoms with Crippen LogP contribution in [0.4, 0.5) is 0 Å². The molecule has 0 amide bonds. The van der Waals surface area contributed by atoms with Gasteiger partial charge < -0.3 is 0 Å². The molecule has 2 unspecified atom stereocenters. The minimum Gasteiger partial charge on any atom is -0.294 e. The number of carbonyl (C=O) groups excluding carboxylic acids is 1. The van der Waals surface area contributed by atoms with Crippen molar-refractivity contribution < 1.29 is 13.2 Å². The molecule has 0 saturated carbocycles. The Morgan fingerprint density at radius 3 is 1.74 bits per heavy atom. The van der Waals surface area contributed by atoms with Gasteiger partial charge in [-0.15, -0.1) is 22.7 Å². The molecule has 0 aliphatic heterocycles. The van der Waals surface area contributed by atoms with Gasteiger partial charge in [0.25, 0.3) is 0 Å². The van der Waals surface area contributed by atoms with Crippen LogP contribution in [0.5, 0.6) is 0 Å². The molecule has 2 atom stereocenters. The third-order valence-electron chi connectivity index (χ3n) is 8.33. The molecule has 0 fully saturated rings. The number of rotatable bonds is 12. The number of Topliss-reactive ketones (excluding diaryl/α,β-unsaturated/α-hetero) is 1. The number of halogens is 1. The van der Waals surface area contributed by atoms with Crippen molar-refractivity contribution in [2.45, 2.75) is 77.0 Å². The molecule has 0 aliphatic rings. The van der Waals surface area contributed by atoms with Gasteiger partial charge in [0.15, 0.2) is 5.78 Å². The van der Waals surface area contributed by atoms with E-state index in [0.717, 1.165) is 70.6 Å². The topological polar surface area (TPSA) is 86.8 Å². The van der Waals surface area contributed by atoms with Crippen molar-refractivity contribution in [3.8, 4) is 30.9 Å². The molecule has 7 nitrogen and oxygen atoms in total. The van der Waals surface area contributed by atoms with Gasteiger partial charge in [0.05, 0.1) is 5.69 Å². The summed E-state index contributed by atoms with van der Waals surface area (Å²) in [6.07, 6.45) is 6.97. The molecule has 4 aromatic heterocycles. The average Bonchev–Trinajstić information content (AvgIpc) is 3.91. The summed E-state index contributed by atoms with van der Waals surface area (Å²) < 4.78 is 28.9. The number of aromatic nitrogens is 4. The third-order valence-corrected chi connectivity index (χ3v) is 13.2. The van der Waals surface area contributed by atoms with Gasteiger partial charge in [0.2, 0.25) is 0 Å². The van der Waals surface area contributed by atoms with E-state index in [1.54, 1.807) is 42.1 Å². The summed E-state index contributed by atoms with van der Waals surface area (Å²) >= 11 is 7.16. The number of hydrogen-bond donors (Lipinski definition) is 0. The molecule has 0 aliphatic carbocycles. The van der Waals surface area contributed by atoms with E-state index in [1.807, 2.05) is 59.3 Å². The van der Waals surface area contributed by atoms with E-state index in [4.69, 9.17) is 4.98 Å². The standard InChI is InChI=1S/C21H25BrN2OS2.C20H22N2O2S2/c1-13(2)11-18-23-20(14(3)4)21(22)24(18)19-10-9-17(26-19)15-7-6-8-16(12-15)27(5)25;1-13(2)10-19-21-17(14(3)23)12-22(19)20-9-8-18(25-20)15-6-5-7-16(11-15)26(4)24/h6-10,12-14H,11H2,1-5H3;5-9,11-13H,10H2,1-4H3. The fourth-order valence-electron chi connectivity index (χ4n) is 5.72. The molecule has 0 N–H and O–H groups in total. The second kappa shape index (κ2) is 17.9. The van der Waals surface area contributed by atoms with E-state index in [2.05, 4.69) is 91.3 Å². The maximum Gasteiger partial charge on any atom is 0.179 e. The van der Waals surface area contributed by atoms with Gasteiger partial charge in [0.1, 0.15) is 31.9 Å². The summed E-state index contributed by atoms with van der Waals surface area (Å²) in [5, 5.41) is 2.17. The van der Waals surface area contributed by atoms with Gasteiger partial charge in [-0.25, -0.2) is 9.97 Å². The number of carbonyl (C=O) groups is 1. The Bertz CT molecular complexity index is 2260. The Hall–Kier alpha value is -3.29. The largest absolute Gasteiger partial charge is 0.294 e. The number of thiophene rings is 2. The molecule has 12 heteroatoms. The van der Waals surface area contributed by atoms with E-state index in [9.17, 15) is 13.2 Å². The van der Waals surface area contributed by atoms with Crippen molar-refractivity contribution in [2.24, 2.45) is 11.8 Å². The fraction of sp³-hybridized carbons (Fsp3) is 0.341. The van der Waals surface area contributed by atoms with E-state index >= 15 is 0 Å². The smallest absolute Gasteiger partial charge is 0.179 e. The summed E-state index contributed by atoms with van der Waals surface area (Å²) in [4.78, 5) is 25.1. The molecule has 0 spiro atoms. The van der Waals surface area contributed by atoms with Crippen LogP contribution in [0, 0.1) is 11.8 Å². The molecule has 2 aromatic carbocycles. The molecule has 280 valence electrons. The SMILES string of the molecule is CC(=O)c1cn(-c2ccc(-c3cccc(S(C)=O)c3)s2)c(CC(C)C)n1.CC(C)Cc1nc(C(C)C)c(Br)n1-c1ccc(-c2cccc(S(C)=O)c2)s1. The zero-order valence-electron chi connectivity index (χ0n) is 31.7. The van der Waals surface area contributed by atoms with E-state index in [1.165, 1.54) is 4.88 Å². The molecule has 6 aromatic rings. The molecule has 0 saturated heterocycles. The lowest BCUT2D eigenvalue weighted by Crippen LogP contribution is -2.04. The monoisotopic (exact) mass is 850 g/mol. The Morgan fingerprint density at radius 2 is 1.25 bits per heavy atom. The molecular weight excluding hydrogens is 805 g/mol. The molecule has 53 heavy (non-hydrogen) atoms. The summed E-state index contributed by atoms with van der Waals surface area (Å²) in [5.74, 6) is 3.32. The van der Waals surface area contributed by atoms with Crippen LogP contribution in [0.2, 0.25) is 0 Å². The highest BCUT2D eigenvalue weighted by Gasteiger charge is 2.21. The van der Waals surface area contributed by atoms with E-state index < -0.39 is 21.6 Å². The maximum atomic E-state index is 11.8. The second-order valence-electron chi connectivity index (χ2n) is 14.1. The lowest BCUT2D eigenvalue weighted by Gasteiger charge is -2.09. The number of imidazole rings is 2. The first-order chi connectivity index (χ1) is 25.1. The van der Waals surface area contributed by atoms with Crippen LogP contribution in [0.15, 0.2) is 93.4 Å². The Labute approximate surface area is 335 Å². The van der Waals surface area contributed by atoms with Crippen LogP contribution in [0.3, 0.4) is 0 Å². The molecule has 0 radical (unpaired) electrons. The number of nitrogens with zero attached hydrogens (tertiary/aromatic N) is 4. The normalized spacial score (nSPS) is 12.7. The van der Waals surface area contributed by atoms with Crippen molar-refractivity contribution in [1.29, 1.82) is 0 Å². The predicted molar refractivity (Wildman–Crippen MR) is 227 cm³/mol. The van der Waals surface area contributed by atoms with Crippen LogP contribution in [-0.4, -0.2) is 45.8 Å². The first-order valence-electron chi connectivity index (χ1n) is 17.6. The van der Waals surface area contributed by atoms with Crippen LogP contribution in [0.1, 0.15) is 82.2 Å². The lowest BCUT2D eigenvalue weighted by atomic mass is 10.1. The van der Waals surface area contributed by atoms with Gasteiger partial charge >= 0.3 is 0 Å². The Kier molecular flexibility index (Phi) is 13.8. The predicted octanol–water partition coefficient (Wildman–Crippen LogP) is 11.2. The summed E-state index contributed by atoms with van der Waals surface area (Å²) in [6.45, 7) is 14.6. The highest BCUT2D eigenvalue weighted by molar-refractivity contribution is 9.10. The molecule has 0 bridgehead atoms. The van der Waals surface area contributed by atoms with Gasteiger partial charge in [-0.3, -0.25) is 22.3 Å². The molecule has 6 rings (SSSR count). The van der Waals surface area contributed by atoms with Crippen molar-refractivity contribution in [3.05, 3.63) is 107 Å². The quantitative estimate of drug-likeness (QED) is 0.114. The van der Waals surface area contributed by atoms with Crippen molar-refractivity contribution in [3.63, 3.8) is 0 Å². The molecular formula is C41H47BrN4O3S4. The van der Waals surface area contributed by atoms with Crippen molar-refractivity contribution in [1.82, 2.24) is 19.1 Å². The number of ketones is 1. The number of hydrogen-bond acceptors (Lipinski definition) is 7. The molecule has 4 heterocycles. The number of benzene rings is 2. The minimum atomic E-state index is -1.00. The Balaban J connectivity index is 0.000000204. The second-order valence-corrected chi connectivity index (χ2v) is 19.7. The van der Waals surface area contributed by atoms with Crippen molar-refractivity contribution >= 4 is 66.0 Å². The highest BCUT2D eigenvalue weighted by atomic mass is 79.9. The summed E-state index contributed by atoms with van der Waals surface area (Å²) in [7, 11) is -1.98. The van der Waals surface area contributed by atoms with Crippen molar-refractivity contribution in [2.75, 3.05) is 12.5 Å². The van der Waals surface area contributed by atoms with Gasteiger partial charge in [-0.1, -0.05) is 65.8 Å². The van der Waals surface area contributed by atoms with Crippen LogP contribution < -0.4 is 0 Å². The van der Waals surface area contributed by atoms with E-state index in [-0.39, 0.29) is 5.78 Å². The lowest BCUT2D eigenvalue weighted by molar-refractivity contribution is 0.101. The van der Waals surface area contributed by atoms with E-state index in [0.29, 0.717) is 23.4 Å². The zero-order valence-corrected chi connectivity index (χ0v) is 36.5. The van der Waals surface area contributed by atoms with Crippen LogP contribution in [0.25, 0.3) is 30.9 Å². The summed E-state index contributed by atoms with van der Waals surface area (Å²) in [6, 6.07) is 24.2. The van der Waals surface area contributed by atoms with Gasteiger partial charge in [-0.05, 0) is 93.3 Å². The zero-order chi connectivity index (χ0) is 38.6. The average molecular weight is 852 g/mol. The first kappa shape index (κ1) is 40.9. The highest BCUT2D eigenvalue weighted by Crippen LogP contribution is 2.37. The van der Waals surface area contributed by atoms with Gasteiger partial charge in [-0.2, -0.15) is 0 Å². The summed E-state index contributed by atoms with van der Waals surface area (Å²) in [5.41, 5.74) is 3.75. The van der Waals surface area contributed by atoms with Crippen LogP contribution >= 0.6 is 38.6 Å². The van der Waals surface area contributed by atoms with Gasteiger partial charge in [0, 0.05) is 79.6 Å². The fourth-order valence-corrected chi connectivity index (χ4v) is 9.93.